The van der Waals surface area contributed by atoms with E-state index in [1.54, 1.807) is 6.20 Å². The zero-order valence-corrected chi connectivity index (χ0v) is 14.7. The van der Waals surface area contributed by atoms with E-state index in [1.807, 2.05) is 31.2 Å². The molecule has 1 aromatic rings. The Kier molecular flexibility index (Phi) is 3.96. The maximum atomic E-state index is 12.6. The first-order valence-electron chi connectivity index (χ1n) is 8.81. The number of piperazine rings is 1. The minimum atomic E-state index is -0.295. The van der Waals surface area contributed by atoms with Gasteiger partial charge in [-0.05, 0) is 26.3 Å². The molecule has 1 N–H and O–H groups in total. The van der Waals surface area contributed by atoms with Crippen molar-refractivity contribution in [2.24, 2.45) is 5.41 Å². The first-order chi connectivity index (χ1) is 12.0. The summed E-state index contributed by atoms with van der Waals surface area (Å²) in [5.41, 5.74) is 3.22. The van der Waals surface area contributed by atoms with E-state index in [9.17, 15) is 4.79 Å². The molecular weight excluding hydrogens is 314 g/mol. The van der Waals surface area contributed by atoms with E-state index in [0.717, 1.165) is 55.3 Å². The Balaban J connectivity index is 1.64. The van der Waals surface area contributed by atoms with Crippen LogP contribution in [0.15, 0.2) is 48.0 Å². The van der Waals surface area contributed by atoms with Crippen molar-refractivity contribution in [1.29, 1.82) is 0 Å². The first kappa shape index (κ1) is 16.1. The van der Waals surface area contributed by atoms with Crippen molar-refractivity contribution >= 4 is 11.5 Å². The van der Waals surface area contributed by atoms with Gasteiger partial charge in [-0.2, -0.15) is 0 Å². The summed E-state index contributed by atoms with van der Waals surface area (Å²) in [7, 11) is 0. The lowest BCUT2D eigenvalue weighted by Gasteiger charge is -2.38. The number of ether oxygens (including phenoxy) is 1. The molecule has 25 heavy (non-hydrogen) atoms. The van der Waals surface area contributed by atoms with Crippen molar-refractivity contribution in [3.63, 3.8) is 0 Å². The lowest BCUT2D eigenvalue weighted by Crippen LogP contribution is -2.43. The summed E-state index contributed by atoms with van der Waals surface area (Å²) in [6, 6.07) is 3.85. The number of carbonyl (C=O) groups excluding carboxylic acids is 1. The van der Waals surface area contributed by atoms with Crippen molar-refractivity contribution in [2.75, 3.05) is 26.2 Å². The largest absolute Gasteiger partial charge is 0.426 e. The third-order valence-electron chi connectivity index (χ3n) is 5.17. The van der Waals surface area contributed by atoms with Gasteiger partial charge in [0.2, 0.25) is 0 Å². The highest BCUT2D eigenvalue weighted by molar-refractivity contribution is 6.17. The van der Waals surface area contributed by atoms with Gasteiger partial charge in [-0.25, -0.2) is 4.79 Å². The molecular formula is C20H23N3O2. The minimum Gasteiger partial charge on any atom is -0.426 e. The highest BCUT2D eigenvalue weighted by Crippen LogP contribution is 2.44. The quantitative estimate of drug-likeness (QED) is 0.840. The van der Waals surface area contributed by atoms with Crippen LogP contribution in [0.4, 0.5) is 0 Å². The Morgan fingerprint density at radius 1 is 1.28 bits per heavy atom. The summed E-state index contributed by atoms with van der Waals surface area (Å²) in [5.74, 6) is 0.452. The van der Waals surface area contributed by atoms with Crippen molar-refractivity contribution in [1.82, 2.24) is 15.2 Å². The van der Waals surface area contributed by atoms with Crippen molar-refractivity contribution in [3.8, 4) is 0 Å². The van der Waals surface area contributed by atoms with Crippen molar-refractivity contribution < 1.29 is 9.53 Å². The molecule has 5 nitrogen and oxygen atoms in total. The highest BCUT2D eigenvalue weighted by Gasteiger charge is 2.39. The van der Waals surface area contributed by atoms with Crippen LogP contribution in [0.25, 0.3) is 5.57 Å². The molecule has 0 radical (unpaired) electrons. The zero-order valence-electron chi connectivity index (χ0n) is 14.7. The van der Waals surface area contributed by atoms with Crippen LogP contribution in [0.3, 0.4) is 0 Å². The van der Waals surface area contributed by atoms with Gasteiger partial charge >= 0.3 is 5.97 Å². The number of aryl methyl sites for hydroxylation is 1. The molecule has 0 amide bonds. The number of rotatable bonds is 2. The number of hydrogen-bond donors (Lipinski definition) is 1. The zero-order chi connectivity index (χ0) is 17.4. The molecule has 3 aliphatic rings. The molecule has 3 heterocycles. The molecule has 2 aliphatic heterocycles. The molecule has 1 aromatic heterocycles. The summed E-state index contributed by atoms with van der Waals surface area (Å²) < 4.78 is 5.75. The molecule has 5 heteroatoms. The van der Waals surface area contributed by atoms with E-state index in [-0.39, 0.29) is 11.4 Å². The van der Waals surface area contributed by atoms with Gasteiger partial charge < -0.3 is 15.0 Å². The van der Waals surface area contributed by atoms with E-state index in [4.69, 9.17) is 4.74 Å². The fraction of sp³-hybridized carbons (Fsp3) is 0.400. The molecule has 0 aromatic carbocycles. The Hall–Kier alpha value is -2.40. The standard InChI is InChI=1S/C20H23N3O2/c1-14-3-4-15(13-22-14)17-12-20(2)6-5-16(11-18(20)25-19(17)24)23-9-7-21-8-10-23/h3-5,11-13,21H,6-10H2,1-2H3. The van der Waals surface area contributed by atoms with Crippen LogP contribution in [-0.4, -0.2) is 42.0 Å². The van der Waals surface area contributed by atoms with E-state index < -0.39 is 0 Å². The third-order valence-corrected chi connectivity index (χ3v) is 5.17. The molecule has 0 saturated carbocycles. The van der Waals surface area contributed by atoms with Crippen LogP contribution >= 0.6 is 0 Å². The normalized spacial score (nSPS) is 26.2. The van der Waals surface area contributed by atoms with Crippen molar-refractivity contribution in [3.05, 3.63) is 59.3 Å². The molecule has 1 fully saturated rings. The fourth-order valence-corrected chi connectivity index (χ4v) is 3.56. The van der Waals surface area contributed by atoms with Gasteiger partial charge in [-0.15, -0.1) is 0 Å². The second-order valence-electron chi connectivity index (χ2n) is 7.13. The molecule has 1 unspecified atom stereocenters. The van der Waals surface area contributed by atoms with E-state index >= 15 is 0 Å². The number of allylic oxidation sites excluding steroid dienone is 3. The molecule has 130 valence electrons. The predicted octanol–water partition coefficient (Wildman–Crippen LogP) is 2.41. The number of nitrogens with one attached hydrogen (secondary N) is 1. The molecule has 1 aliphatic carbocycles. The SMILES string of the molecule is Cc1ccc(C2=CC3(C)CC=C(N4CCNCC4)C=C3OC2=O)cn1. The van der Waals surface area contributed by atoms with Gasteiger partial charge in [0, 0.05) is 60.8 Å². The summed E-state index contributed by atoms with van der Waals surface area (Å²) in [4.78, 5) is 19.2. The predicted molar refractivity (Wildman–Crippen MR) is 96.4 cm³/mol. The summed E-state index contributed by atoms with van der Waals surface area (Å²) in [6.07, 6.45) is 8.91. The number of esters is 1. The number of fused-ring (bicyclic) bond motifs is 1. The number of aromatic nitrogens is 1. The monoisotopic (exact) mass is 337 g/mol. The fourth-order valence-electron chi connectivity index (χ4n) is 3.56. The van der Waals surface area contributed by atoms with Gasteiger partial charge in [-0.1, -0.05) is 18.2 Å². The molecule has 0 spiro atoms. The first-order valence-corrected chi connectivity index (χ1v) is 8.81. The Morgan fingerprint density at radius 2 is 2.08 bits per heavy atom. The molecule has 1 atom stereocenters. The van der Waals surface area contributed by atoms with Crippen LogP contribution in [0, 0.1) is 12.3 Å². The van der Waals surface area contributed by atoms with Crippen LogP contribution in [0.5, 0.6) is 0 Å². The second-order valence-corrected chi connectivity index (χ2v) is 7.13. The summed E-state index contributed by atoms with van der Waals surface area (Å²) in [6.45, 7) is 8.00. The average molecular weight is 337 g/mol. The summed E-state index contributed by atoms with van der Waals surface area (Å²) in [5, 5.41) is 3.36. The van der Waals surface area contributed by atoms with E-state index in [0.29, 0.717) is 5.57 Å². The van der Waals surface area contributed by atoms with Crippen LogP contribution in [0.1, 0.15) is 24.6 Å². The average Bonchev–Trinajstić information content (AvgIpc) is 2.63. The van der Waals surface area contributed by atoms with Gasteiger partial charge in [0.1, 0.15) is 5.76 Å². The third kappa shape index (κ3) is 3.00. The Bertz CT molecular complexity index is 786. The highest BCUT2D eigenvalue weighted by atomic mass is 16.5. The van der Waals surface area contributed by atoms with E-state index in [1.165, 1.54) is 0 Å². The molecule has 0 bridgehead atoms. The van der Waals surface area contributed by atoms with Gasteiger partial charge in [0.05, 0.1) is 5.57 Å². The molecule has 1 saturated heterocycles. The smallest absolute Gasteiger partial charge is 0.343 e. The number of nitrogens with zero attached hydrogens (tertiary/aromatic N) is 2. The minimum absolute atomic E-state index is 0.286. The maximum absolute atomic E-state index is 12.6. The topological polar surface area (TPSA) is 54.5 Å². The van der Waals surface area contributed by atoms with Crippen LogP contribution < -0.4 is 5.32 Å². The van der Waals surface area contributed by atoms with Crippen LogP contribution in [0.2, 0.25) is 0 Å². The van der Waals surface area contributed by atoms with E-state index in [2.05, 4.69) is 28.2 Å². The van der Waals surface area contributed by atoms with Gasteiger partial charge in [-0.3, -0.25) is 4.98 Å². The lowest BCUT2D eigenvalue weighted by atomic mass is 9.77. The number of pyridine rings is 1. The van der Waals surface area contributed by atoms with Crippen LogP contribution in [-0.2, 0) is 9.53 Å². The number of carbonyl (C=O) groups is 1. The number of hydrogen-bond acceptors (Lipinski definition) is 5. The second kappa shape index (κ2) is 6.15. The summed E-state index contributed by atoms with van der Waals surface area (Å²) >= 11 is 0. The maximum Gasteiger partial charge on any atom is 0.343 e. The Morgan fingerprint density at radius 3 is 2.80 bits per heavy atom. The van der Waals surface area contributed by atoms with Gasteiger partial charge in [0.25, 0.3) is 0 Å². The molecule has 4 rings (SSSR count). The Labute approximate surface area is 148 Å². The van der Waals surface area contributed by atoms with Gasteiger partial charge in [0.15, 0.2) is 0 Å². The lowest BCUT2D eigenvalue weighted by molar-refractivity contribution is -0.135. The van der Waals surface area contributed by atoms with Crippen molar-refractivity contribution in [2.45, 2.75) is 20.3 Å².